The quantitative estimate of drug-likeness (QED) is 0.865. The van der Waals surface area contributed by atoms with Crippen molar-refractivity contribution in [2.75, 3.05) is 0 Å². The second-order valence-corrected chi connectivity index (χ2v) is 6.13. The number of hydrogen-bond donors (Lipinski definition) is 1. The molecular weight excluding hydrogens is 274 g/mol. The number of carbonyl (C=O) groups is 2. The van der Waals surface area contributed by atoms with Gasteiger partial charge in [0.1, 0.15) is 0 Å². The highest BCUT2D eigenvalue weighted by atomic mass is 32.2. The molecule has 1 saturated carbocycles. The Bertz CT molecular complexity index is 483. The summed E-state index contributed by atoms with van der Waals surface area (Å²) in [5.41, 5.74) is -1.06. The normalized spacial score (nSPS) is 17.4. The summed E-state index contributed by atoms with van der Waals surface area (Å²) < 4.78 is 1.46. The summed E-state index contributed by atoms with van der Waals surface area (Å²) in [6, 6.07) is 9.44. The van der Waals surface area contributed by atoms with E-state index in [1.54, 1.807) is 0 Å². The zero-order valence-electron chi connectivity index (χ0n) is 11.5. The summed E-state index contributed by atoms with van der Waals surface area (Å²) in [5, 5.41) is 9.68. The van der Waals surface area contributed by atoms with Gasteiger partial charge in [-0.05, 0) is 36.9 Å². The largest absolute Gasteiger partial charge is 0.479 e. The molecule has 5 heteroatoms. The fourth-order valence-electron chi connectivity index (χ4n) is 2.68. The Morgan fingerprint density at radius 2 is 1.75 bits per heavy atom. The molecule has 1 aromatic rings. The lowest BCUT2D eigenvalue weighted by Gasteiger charge is -2.41. The lowest BCUT2D eigenvalue weighted by Crippen LogP contribution is -2.54. The van der Waals surface area contributed by atoms with E-state index in [0.29, 0.717) is 12.8 Å². The van der Waals surface area contributed by atoms with Crippen LogP contribution in [-0.4, -0.2) is 26.8 Å². The SMILES string of the molecule is CC(=O)N(Sc1ccccc1)C1(C(=O)O)CCCCC1. The number of carboxylic acid groups (broad SMARTS) is 1. The van der Waals surface area contributed by atoms with Gasteiger partial charge >= 0.3 is 5.97 Å². The number of amides is 1. The van der Waals surface area contributed by atoms with Gasteiger partial charge < -0.3 is 5.11 Å². The van der Waals surface area contributed by atoms with Crippen LogP contribution in [0.15, 0.2) is 35.2 Å². The van der Waals surface area contributed by atoms with Crippen LogP contribution in [-0.2, 0) is 9.59 Å². The van der Waals surface area contributed by atoms with Gasteiger partial charge in [-0.2, -0.15) is 0 Å². The van der Waals surface area contributed by atoms with E-state index in [9.17, 15) is 14.7 Å². The Morgan fingerprint density at radius 1 is 1.15 bits per heavy atom. The van der Waals surface area contributed by atoms with Crippen LogP contribution < -0.4 is 0 Å². The molecule has 1 aliphatic rings. The standard InChI is InChI=1S/C15H19NO3S/c1-12(17)16(20-13-8-4-2-5-9-13)15(14(18)19)10-6-3-7-11-15/h2,4-5,8-9H,3,6-7,10-11H2,1H3,(H,18,19). The second kappa shape index (κ2) is 6.31. The molecule has 2 rings (SSSR count). The van der Waals surface area contributed by atoms with Gasteiger partial charge in [0.25, 0.3) is 0 Å². The number of hydrogen-bond acceptors (Lipinski definition) is 3. The lowest BCUT2D eigenvalue weighted by molar-refractivity contribution is -0.154. The van der Waals surface area contributed by atoms with E-state index in [0.717, 1.165) is 24.2 Å². The molecule has 0 heterocycles. The van der Waals surface area contributed by atoms with Crippen LogP contribution in [0.4, 0.5) is 0 Å². The third-order valence-corrected chi connectivity index (χ3v) is 4.97. The van der Waals surface area contributed by atoms with Crippen molar-refractivity contribution in [2.24, 2.45) is 0 Å². The number of benzene rings is 1. The first-order chi connectivity index (χ1) is 9.56. The predicted molar refractivity (Wildman–Crippen MR) is 78.3 cm³/mol. The van der Waals surface area contributed by atoms with E-state index in [-0.39, 0.29) is 5.91 Å². The fourth-order valence-corrected chi connectivity index (χ4v) is 3.73. The van der Waals surface area contributed by atoms with Crippen molar-refractivity contribution in [3.63, 3.8) is 0 Å². The third-order valence-electron chi connectivity index (χ3n) is 3.69. The maximum Gasteiger partial charge on any atom is 0.330 e. The molecule has 0 spiro atoms. The summed E-state index contributed by atoms with van der Waals surface area (Å²) in [7, 11) is 0. The summed E-state index contributed by atoms with van der Waals surface area (Å²) in [6.45, 7) is 1.44. The number of rotatable bonds is 4. The topological polar surface area (TPSA) is 57.6 Å². The molecule has 0 radical (unpaired) electrons. The van der Waals surface area contributed by atoms with Gasteiger partial charge in [0, 0.05) is 11.8 Å². The van der Waals surface area contributed by atoms with Crippen LogP contribution in [0.2, 0.25) is 0 Å². The monoisotopic (exact) mass is 293 g/mol. The van der Waals surface area contributed by atoms with Gasteiger partial charge in [0.2, 0.25) is 5.91 Å². The number of carboxylic acids is 1. The molecule has 0 bridgehead atoms. The molecular formula is C15H19NO3S. The first kappa shape index (κ1) is 14.9. The Morgan fingerprint density at radius 3 is 2.25 bits per heavy atom. The van der Waals surface area contributed by atoms with E-state index in [1.165, 1.54) is 23.2 Å². The van der Waals surface area contributed by atoms with Crippen molar-refractivity contribution in [1.29, 1.82) is 0 Å². The maximum absolute atomic E-state index is 12.0. The van der Waals surface area contributed by atoms with Crippen LogP contribution in [0.25, 0.3) is 0 Å². The average molecular weight is 293 g/mol. The summed E-state index contributed by atoms with van der Waals surface area (Å²) in [6.07, 6.45) is 3.80. The van der Waals surface area contributed by atoms with Crippen molar-refractivity contribution < 1.29 is 14.7 Å². The molecule has 1 aromatic carbocycles. The Hall–Kier alpha value is -1.49. The van der Waals surface area contributed by atoms with Crippen molar-refractivity contribution in [1.82, 2.24) is 4.31 Å². The van der Waals surface area contributed by atoms with Crippen LogP contribution >= 0.6 is 11.9 Å². The minimum atomic E-state index is -1.06. The number of carbonyl (C=O) groups excluding carboxylic acids is 1. The molecule has 20 heavy (non-hydrogen) atoms. The van der Waals surface area contributed by atoms with Gasteiger partial charge in [0.15, 0.2) is 5.54 Å². The van der Waals surface area contributed by atoms with Crippen molar-refractivity contribution in [3.05, 3.63) is 30.3 Å². The molecule has 0 atom stereocenters. The predicted octanol–water partition coefficient (Wildman–Crippen LogP) is 3.33. The molecule has 0 aromatic heterocycles. The minimum Gasteiger partial charge on any atom is -0.479 e. The minimum absolute atomic E-state index is 0.205. The first-order valence-corrected chi connectivity index (χ1v) is 7.61. The second-order valence-electron chi connectivity index (χ2n) is 5.12. The Kier molecular flexibility index (Phi) is 4.70. The van der Waals surface area contributed by atoms with E-state index in [2.05, 4.69) is 0 Å². The zero-order chi connectivity index (χ0) is 14.6. The molecule has 108 valence electrons. The Balaban J connectivity index is 2.30. The van der Waals surface area contributed by atoms with Crippen molar-refractivity contribution >= 4 is 23.8 Å². The van der Waals surface area contributed by atoms with Crippen molar-refractivity contribution in [2.45, 2.75) is 49.5 Å². The number of aliphatic carboxylic acids is 1. The zero-order valence-corrected chi connectivity index (χ0v) is 12.4. The van der Waals surface area contributed by atoms with Crippen LogP contribution in [0.1, 0.15) is 39.0 Å². The fraction of sp³-hybridized carbons (Fsp3) is 0.467. The van der Waals surface area contributed by atoms with Gasteiger partial charge in [-0.15, -0.1) is 0 Å². The van der Waals surface area contributed by atoms with Gasteiger partial charge in [-0.3, -0.25) is 9.10 Å². The lowest BCUT2D eigenvalue weighted by atomic mass is 9.81. The molecule has 1 amide bonds. The van der Waals surface area contributed by atoms with E-state index in [4.69, 9.17) is 0 Å². The molecule has 1 fully saturated rings. The van der Waals surface area contributed by atoms with Crippen LogP contribution in [0.3, 0.4) is 0 Å². The molecule has 0 unspecified atom stereocenters. The highest BCUT2D eigenvalue weighted by molar-refractivity contribution is 7.97. The average Bonchev–Trinajstić information content (AvgIpc) is 2.46. The summed E-state index contributed by atoms with van der Waals surface area (Å²) in [4.78, 5) is 24.7. The Labute approximate surface area is 123 Å². The smallest absolute Gasteiger partial charge is 0.330 e. The summed E-state index contributed by atoms with van der Waals surface area (Å²) >= 11 is 1.23. The molecule has 1 aliphatic carbocycles. The highest BCUT2D eigenvalue weighted by Gasteiger charge is 2.47. The number of nitrogens with zero attached hydrogens (tertiary/aromatic N) is 1. The van der Waals surface area contributed by atoms with E-state index in [1.807, 2.05) is 30.3 Å². The van der Waals surface area contributed by atoms with Crippen LogP contribution in [0, 0.1) is 0 Å². The van der Waals surface area contributed by atoms with Crippen molar-refractivity contribution in [3.8, 4) is 0 Å². The molecule has 1 N–H and O–H groups in total. The molecule has 0 saturated heterocycles. The maximum atomic E-state index is 12.0. The van der Waals surface area contributed by atoms with Crippen LogP contribution in [0.5, 0.6) is 0 Å². The molecule has 0 aliphatic heterocycles. The van der Waals surface area contributed by atoms with Gasteiger partial charge in [-0.1, -0.05) is 37.5 Å². The van der Waals surface area contributed by atoms with Gasteiger partial charge in [0.05, 0.1) is 0 Å². The molecule has 4 nitrogen and oxygen atoms in total. The third kappa shape index (κ3) is 2.98. The van der Waals surface area contributed by atoms with E-state index < -0.39 is 11.5 Å². The first-order valence-electron chi connectivity index (χ1n) is 6.83. The highest BCUT2D eigenvalue weighted by Crippen LogP contribution is 2.40. The van der Waals surface area contributed by atoms with E-state index >= 15 is 0 Å². The van der Waals surface area contributed by atoms with Gasteiger partial charge in [-0.25, -0.2) is 4.79 Å². The summed E-state index contributed by atoms with van der Waals surface area (Å²) in [5.74, 6) is -1.10.